The van der Waals surface area contributed by atoms with Crippen molar-refractivity contribution < 1.29 is 19.1 Å². The molecule has 7 heteroatoms. The van der Waals surface area contributed by atoms with E-state index in [0.717, 1.165) is 24.3 Å². The van der Waals surface area contributed by atoms with Crippen molar-refractivity contribution in [3.05, 3.63) is 54.1 Å². The number of hydrogen-bond acceptors (Lipinski definition) is 5. The molecule has 29 heavy (non-hydrogen) atoms. The van der Waals surface area contributed by atoms with Crippen LogP contribution in [0.2, 0.25) is 0 Å². The molecule has 0 unspecified atom stereocenters. The first-order valence-electron chi connectivity index (χ1n) is 9.84. The molecule has 2 aromatic rings. The highest BCUT2D eigenvalue weighted by atomic mass is 16.7. The van der Waals surface area contributed by atoms with Crippen LogP contribution < -0.4 is 19.7 Å². The van der Waals surface area contributed by atoms with Crippen molar-refractivity contribution in [2.24, 2.45) is 0 Å². The van der Waals surface area contributed by atoms with Crippen LogP contribution in [0.5, 0.6) is 11.5 Å². The Hall–Kier alpha value is -3.22. The molecule has 4 rings (SSSR count). The van der Waals surface area contributed by atoms with Crippen molar-refractivity contribution >= 4 is 17.5 Å². The van der Waals surface area contributed by atoms with E-state index < -0.39 is 0 Å². The van der Waals surface area contributed by atoms with Crippen LogP contribution in [0.3, 0.4) is 0 Å². The van der Waals surface area contributed by atoms with Crippen molar-refractivity contribution in [3.8, 4) is 11.5 Å². The second kappa shape index (κ2) is 8.43. The van der Waals surface area contributed by atoms with Gasteiger partial charge in [-0.3, -0.25) is 9.59 Å². The van der Waals surface area contributed by atoms with Gasteiger partial charge in [0, 0.05) is 43.5 Å². The Kier molecular flexibility index (Phi) is 5.55. The Bertz CT molecular complexity index is 879. The molecule has 1 fully saturated rings. The smallest absolute Gasteiger partial charge is 0.251 e. The zero-order chi connectivity index (χ0) is 20.2. The van der Waals surface area contributed by atoms with Crippen molar-refractivity contribution in [3.63, 3.8) is 0 Å². The number of hydrogen-bond donors (Lipinski definition) is 1. The third-order valence-corrected chi connectivity index (χ3v) is 5.39. The van der Waals surface area contributed by atoms with Gasteiger partial charge in [0.05, 0.1) is 6.54 Å². The molecule has 0 bridgehead atoms. The number of piperidine rings is 1. The number of rotatable bonds is 5. The molecule has 152 valence electrons. The highest BCUT2D eigenvalue weighted by Gasteiger charge is 2.25. The monoisotopic (exact) mass is 395 g/mol. The van der Waals surface area contributed by atoms with Gasteiger partial charge in [-0.05, 0) is 37.1 Å². The summed E-state index contributed by atoms with van der Waals surface area (Å²) in [4.78, 5) is 28.8. The Morgan fingerprint density at radius 2 is 1.79 bits per heavy atom. The molecule has 0 aromatic heterocycles. The van der Waals surface area contributed by atoms with Gasteiger partial charge in [-0.25, -0.2) is 0 Å². The molecule has 0 saturated carbocycles. The van der Waals surface area contributed by atoms with Crippen molar-refractivity contribution in [2.75, 3.05) is 38.4 Å². The summed E-state index contributed by atoms with van der Waals surface area (Å²) in [6, 6.07) is 15.0. The molecule has 0 aliphatic carbocycles. The van der Waals surface area contributed by atoms with E-state index in [4.69, 9.17) is 9.47 Å². The number of anilines is 1. The predicted molar refractivity (Wildman–Crippen MR) is 109 cm³/mol. The maximum absolute atomic E-state index is 12.7. The first kappa shape index (κ1) is 19.1. The third kappa shape index (κ3) is 4.45. The number of amides is 2. The van der Waals surface area contributed by atoms with Gasteiger partial charge < -0.3 is 24.6 Å². The van der Waals surface area contributed by atoms with Crippen LogP contribution in [0.1, 0.15) is 23.2 Å². The van der Waals surface area contributed by atoms with Gasteiger partial charge in [-0.1, -0.05) is 18.2 Å². The number of likely N-dealkylation sites (N-methyl/N-ethyl adjacent to an activating group) is 1. The van der Waals surface area contributed by atoms with E-state index in [2.05, 4.69) is 5.32 Å². The van der Waals surface area contributed by atoms with Crippen LogP contribution in [-0.2, 0) is 4.79 Å². The minimum Gasteiger partial charge on any atom is -0.454 e. The Balaban J connectivity index is 1.26. The van der Waals surface area contributed by atoms with Crippen LogP contribution in [0.4, 0.5) is 5.69 Å². The summed E-state index contributed by atoms with van der Waals surface area (Å²) in [6.07, 6.45) is 1.52. The molecule has 0 spiro atoms. The van der Waals surface area contributed by atoms with E-state index in [-0.39, 0.29) is 24.6 Å². The average Bonchev–Trinajstić information content (AvgIpc) is 3.22. The second-order valence-corrected chi connectivity index (χ2v) is 7.39. The molecule has 2 aromatic carbocycles. The largest absolute Gasteiger partial charge is 0.454 e. The maximum atomic E-state index is 12.7. The first-order valence-corrected chi connectivity index (χ1v) is 9.84. The van der Waals surface area contributed by atoms with E-state index >= 15 is 0 Å². The lowest BCUT2D eigenvalue weighted by Gasteiger charge is -2.33. The minimum atomic E-state index is -0.0575. The number of benzene rings is 2. The van der Waals surface area contributed by atoms with Crippen LogP contribution >= 0.6 is 0 Å². The van der Waals surface area contributed by atoms with Gasteiger partial charge in [0.1, 0.15) is 0 Å². The Labute approximate surface area is 170 Å². The summed E-state index contributed by atoms with van der Waals surface area (Å²) in [6.45, 7) is 1.82. The zero-order valence-electron chi connectivity index (χ0n) is 16.5. The van der Waals surface area contributed by atoms with Gasteiger partial charge in [0.15, 0.2) is 11.5 Å². The van der Waals surface area contributed by atoms with Crippen LogP contribution in [0.25, 0.3) is 0 Å². The summed E-state index contributed by atoms with van der Waals surface area (Å²) < 4.78 is 10.7. The lowest BCUT2D eigenvalue weighted by Crippen LogP contribution is -2.48. The summed E-state index contributed by atoms with van der Waals surface area (Å²) in [5.74, 6) is 1.46. The molecule has 7 nitrogen and oxygen atoms in total. The number of nitrogens with zero attached hydrogens (tertiary/aromatic N) is 2. The SMILES string of the molecule is CN(CC(=O)N1CCC(NC(=O)c2ccccc2)CC1)c1ccc2c(c1)OCO2. The molecule has 1 N–H and O–H groups in total. The molecule has 2 aliphatic heterocycles. The molecule has 2 aliphatic rings. The number of ether oxygens (including phenoxy) is 2. The lowest BCUT2D eigenvalue weighted by molar-refractivity contribution is -0.130. The highest BCUT2D eigenvalue weighted by Crippen LogP contribution is 2.35. The fourth-order valence-electron chi connectivity index (χ4n) is 3.65. The Morgan fingerprint density at radius 3 is 2.55 bits per heavy atom. The fourth-order valence-corrected chi connectivity index (χ4v) is 3.65. The third-order valence-electron chi connectivity index (χ3n) is 5.39. The first-order chi connectivity index (χ1) is 14.1. The van der Waals surface area contributed by atoms with Crippen molar-refractivity contribution in [1.29, 1.82) is 0 Å². The number of nitrogens with one attached hydrogen (secondary N) is 1. The predicted octanol–water partition coefficient (Wildman–Crippen LogP) is 2.27. The summed E-state index contributed by atoms with van der Waals surface area (Å²) in [7, 11) is 1.89. The van der Waals surface area contributed by atoms with Gasteiger partial charge >= 0.3 is 0 Å². The van der Waals surface area contributed by atoms with Gasteiger partial charge in [-0.15, -0.1) is 0 Å². The van der Waals surface area contributed by atoms with Gasteiger partial charge in [-0.2, -0.15) is 0 Å². The lowest BCUT2D eigenvalue weighted by atomic mass is 10.0. The number of fused-ring (bicyclic) bond motifs is 1. The summed E-state index contributed by atoms with van der Waals surface area (Å²) >= 11 is 0. The van der Waals surface area contributed by atoms with Crippen LogP contribution in [0.15, 0.2) is 48.5 Å². The number of likely N-dealkylation sites (tertiary alicyclic amines) is 1. The normalized spacial score (nSPS) is 15.8. The average molecular weight is 395 g/mol. The van der Waals surface area contributed by atoms with Crippen molar-refractivity contribution in [2.45, 2.75) is 18.9 Å². The molecular formula is C22H25N3O4. The molecule has 2 amide bonds. The zero-order valence-corrected chi connectivity index (χ0v) is 16.5. The molecule has 0 atom stereocenters. The maximum Gasteiger partial charge on any atom is 0.251 e. The van der Waals surface area contributed by atoms with E-state index in [1.807, 2.05) is 53.2 Å². The molecule has 0 radical (unpaired) electrons. The van der Waals surface area contributed by atoms with Gasteiger partial charge in [0.25, 0.3) is 5.91 Å². The van der Waals surface area contributed by atoms with E-state index in [1.165, 1.54) is 0 Å². The standard InChI is InChI=1S/C22H25N3O4/c1-24(18-7-8-19-20(13-18)29-15-28-19)14-21(26)25-11-9-17(10-12-25)23-22(27)16-5-3-2-4-6-16/h2-8,13,17H,9-12,14-15H2,1H3,(H,23,27). The second-order valence-electron chi connectivity index (χ2n) is 7.39. The van der Waals surface area contributed by atoms with Crippen LogP contribution in [0, 0.1) is 0 Å². The molecular weight excluding hydrogens is 370 g/mol. The van der Waals surface area contributed by atoms with Crippen molar-refractivity contribution in [1.82, 2.24) is 10.2 Å². The topological polar surface area (TPSA) is 71.1 Å². The molecule has 2 heterocycles. The Morgan fingerprint density at radius 1 is 1.07 bits per heavy atom. The van der Waals surface area contributed by atoms with Gasteiger partial charge in [0.2, 0.25) is 12.7 Å². The minimum absolute atomic E-state index is 0.0575. The van der Waals surface area contributed by atoms with E-state index in [9.17, 15) is 9.59 Å². The number of carbonyl (C=O) groups is 2. The van der Waals surface area contributed by atoms with Crippen LogP contribution in [-0.4, -0.2) is 56.2 Å². The highest BCUT2D eigenvalue weighted by molar-refractivity contribution is 5.94. The number of carbonyl (C=O) groups excluding carboxylic acids is 2. The fraction of sp³-hybridized carbons (Fsp3) is 0.364. The summed E-state index contributed by atoms with van der Waals surface area (Å²) in [5, 5.41) is 3.07. The quantitative estimate of drug-likeness (QED) is 0.841. The van der Waals surface area contributed by atoms with E-state index in [0.29, 0.717) is 30.9 Å². The molecule has 1 saturated heterocycles. The van der Waals surface area contributed by atoms with E-state index in [1.54, 1.807) is 12.1 Å². The summed E-state index contributed by atoms with van der Waals surface area (Å²) in [5.41, 5.74) is 1.57.